The summed E-state index contributed by atoms with van der Waals surface area (Å²) in [6.45, 7) is 2.62. The highest BCUT2D eigenvalue weighted by Gasteiger charge is 2.23. The molecule has 5 aromatic rings. The van der Waals surface area contributed by atoms with Crippen molar-refractivity contribution >= 4 is 34.5 Å². The smallest absolute Gasteiger partial charge is 0.262 e. The van der Waals surface area contributed by atoms with E-state index in [1.165, 1.54) is 28.9 Å². The van der Waals surface area contributed by atoms with Gasteiger partial charge in [0.2, 0.25) is 5.91 Å². The third kappa shape index (κ3) is 6.32. The van der Waals surface area contributed by atoms with E-state index in [1.54, 1.807) is 54.9 Å². The van der Waals surface area contributed by atoms with Gasteiger partial charge in [0, 0.05) is 24.5 Å². The minimum atomic E-state index is -0.511. The van der Waals surface area contributed by atoms with Gasteiger partial charge in [-0.1, -0.05) is 24.8 Å². The van der Waals surface area contributed by atoms with Crippen LogP contribution in [0.15, 0.2) is 98.3 Å². The van der Waals surface area contributed by atoms with Crippen LogP contribution in [0.4, 0.5) is 0 Å². The van der Waals surface area contributed by atoms with Crippen molar-refractivity contribution in [3.63, 3.8) is 0 Å². The normalized spacial score (nSPS) is 11.8. The average Bonchev–Trinajstić information content (AvgIpc) is 3.70. The standard InChI is InChI=1S/C29H27N5O5S/c1-2-25(27(36)31-16-19-6-3-11-30-15-19)40-29-33-24-14-20(26(35)32-17-21-7-4-12-38-21)9-10-23(24)28(37)34(29)18-22-8-5-13-39-22/h3-15,25H,2,16-18H2,1H3,(H,31,36)(H,32,35)/t25-/m1/s1. The monoisotopic (exact) mass is 557 g/mol. The lowest BCUT2D eigenvalue weighted by Gasteiger charge is -2.18. The van der Waals surface area contributed by atoms with Gasteiger partial charge >= 0.3 is 0 Å². The fourth-order valence-electron chi connectivity index (χ4n) is 4.07. The molecular formula is C29H27N5O5S. The van der Waals surface area contributed by atoms with E-state index >= 15 is 0 Å². The predicted octanol–water partition coefficient (Wildman–Crippen LogP) is 4.14. The summed E-state index contributed by atoms with van der Waals surface area (Å²) in [4.78, 5) is 48.4. The van der Waals surface area contributed by atoms with Crippen LogP contribution in [0.3, 0.4) is 0 Å². The summed E-state index contributed by atoms with van der Waals surface area (Å²) >= 11 is 1.20. The first-order valence-corrected chi connectivity index (χ1v) is 13.6. The van der Waals surface area contributed by atoms with E-state index in [1.807, 2.05) is 19.1 Å². The van der Waals surface area contributed by atoms with E-state index in [-0.39, 0.29) is 30.5 Å². The molecule has 4 aromatic heterocycles. The maximum atomic E-state index is 13.6. The molecule has 40 heavy (non-hydrogen) atoms. The Morgan fingerprint density at radius 1 is 1.00 bits per heavy atom. The second kappa shape index (κ2) is 12.5. The molecule has 1 aromatic carbocycles. The van der Waals surface area contributed by atoms with E-state index in [9.17, 15) is 14.4 Å². The predicted molar refractivity (Wildman–Crippen MR) is 150 cm³/mol. The Kier molecular flexibility index (Phi) is 8.41. The molecule has 0 radical (unpaired) electrons. The summed E-state index contributed by atoms with van der Waals surface area (Å²) in [5, 5.41) is 5.94. The molecule has 4 heterocycles. The summed E-state index contributed by atoms with van der Waals surface area (Å²) < 4.78 is 12.3. The first-order valence-electron chi connectivity index (χ1n) is 12.7. The number of carbonyl (C=O) groups excluding carboxylic acids is 2. The highest BCUT2D eigenvalue weighted by Crippen LogP contribution is 2.26. The highest BCUT2D eigenvalue weighted by molar-refractivity contribution is 8.00. The van der Waals surface area contributed by atoms with Gasteiger partial charge in [0.05, 0.1) is 41.8 Å². The van der Waals surface area contributed by atoms with Crippen molar-refractivity contribution in [2.45, 2.75) is 43.4 Å². The molecule has 204 valence electrons. The molecule has 10 nitrogen and oxygen atoms in total. The number of benzene rings is 1. The molecule has 11 heteroatoms. The minimum absolute atomic E-state index is 0.149. The van der Waals surface area contributed by atoms with Gasteiger partial charge in [0.1, 0.15) is 11.5 Å². The quantitative estimate of drug-likeness (QED) is 0.183. The molecule has 0 aliphatic rings. The molecule has 0 bridgehead atoms. The van der Waals surface area contributed by atoms with Gasteiger partial charge < -0.3 is 19.5 Å². The molecular weight excluding hydrogens is 530 g/mol. The fourth-order valence-corrected chi connectivity index (χ4v) is 5.10. The lowest BCUT2D eigenvalue weighted by Crippen LogP contribution is -2.33. The Labute approximate surface area is 233 Å². The molecule has 2 amide bonds. The lowest BCUT2D eigenvalue weighted by molar-refractivity contribution is -0.120. The molecule has 0 saturated carbocycles. The molecule has 1 atom stereocenters. The van der Waals surface area contributed by atoms with Crippen LogP contribution >= 0.6 is 11.8 Å². The summed E-state index contributed by atoms with van der Waals surface area (Å²) in [6.07, 6.45) is 6.96. The number of furan rings is 2. The molecule has 0 aliphatic heterocycles. The van der Waals surface area contributed by atoms with Gasteiger partial charge in [-0.2, -0.15) is 0 Å². The number of nitrogens with zero attached hydrogens (tertiary/aromatic N) is 3. The first kappa shape index (κ1) is 26.9. The van der Waals surface area contributed by atoms with E-state index in [4.69, 9.17) is 13.8 Å². The highest BCUT2D eigenvalue weighted by atomic mass is 32.2. The number of thioether (sulfide) groups is 1. The number of fused-ring (bicyclic) bond motifs is 1. The molecule has 0 aliphatic carbocycles. The van der Waals surface area contributed by atoms with Crippen LogP contribution in [0, 0.1) is 0 Å². The van der Waals surface area contributed by atoms with Crippen LogP contribution in [0.5, 0.6) is 0 Å². The Bertz CT molecular complexity index is 1650. The number of pyridine rings is 1. The number of nitrogens with one attached hydrogen (secondary N) is 2. The number of carbonyl (C=O) groups is 2. The summed E-state index contributed by atoms with van der Waals surface area (Å²) in [7, 11) is 0. The van der Waals surface area contributed by atoms with Crippen molar-refractivity contribution in [1.29, 1.82) is 0 Å². The summed E-state index contributed by atoms with van der Waals surface area (Å²) in [5.41, 5.74) is 1.30. The third-order valence-electron chi connectivity index (χ3n) is 6.18. The van der Waals surface area contributed by atoms with Crippen molar-refractivity contribution in [2.24, 2.45) is 0 Å². The first-order chi connectivity index (χ1) is 19.5. The second-order valence-corrected chi connectivity index (χ2v) is 10.1. The zero-order valence-corrected chi connectivity index (χ0v) is 22.5. The maximum Gasteiger partial charge on any atom is 0.262 e. The van der Waals surface area contributed by atoms with E-state index < -0.39 is 5.25 Å². The van der Waals surface area contributed by atoms with Gasteiger partial charge in [-0.15, -0.1) is 0 Å². The molecule has 5 rings (SSSR count). The van der Waals surface area contributed by atoms with Crippen molar-refractivity contribution in [1.82, 2.24) is 25.2 Å². The van der Waals surface area contributed by atoms with Crippen molar-refractivity contribution in [3.8, 4) is 0 Å². The van der Waals surface area contributed by atoms with Crippen LogP contribution in [0.25, 0.3) is 10.9 Å². The number of hydrogen-bond donors (Lipinski definition) is 2. The summed E-state index contributed by atoms with van der Waals surface area (Å²) in [5.74, 6) is 0.698. The van der Waals surface area contributed by atoms with Crippen molar-refractivity contribution in [3.05, 3.63) is 113 Å². The fraction of sp³-hybridized carbons (Fsp3) is 0.207. The van der Waals surface area contributed by atoms with Gasteiger partial charge in [-0.05, 0) is 60.5 Å². The molecule has 0 spiro atoms. The molecule has 0 unspecified atom stereocenters. The molecule has 2 N–H and O–H groups in total. The van der Waals surface area contributed by atoms with Gasteiger partial charge in [-0.25, -0.2) is 4.98 Å². The Morgan fingerprint density at radius 2 is 1.80 bits per heavy atom. The van der Waals surface area contributed by atoms with Crippen LogP contribution in [0.1, 0.15) is 40.8 Å². The molecule has 0 saturated heterocycles. The van der Waals surface area contributed by atoms with Crippen molar-refractivity contribution < 1.29 is 18.4 Å². The van der Waals surface area contributed by atoms with Crippen LogP contribution < -0.4 is 16.2 Å². The van der Waals surface area contributed by atoms with Gasteiger partial charge in [0.15, 0.2) is 5.16 Å². The van der Waals surface area contributed by atoms with E-state index in [0.29, 0.717) is 46.1 Å². The Balaban J connectivity index is 1.43. The minimum Gasteiger partial charge on any atom is -0.467 e. The Hall–Kier alpha value is -4.64. The number of amides is 2. The topological polar surface area (TPSA) is 132 Å². The Morgan fingerprint density at radius 3 is 2.50 bits per heavy atom. The summed E-state index contributed by atoms with van der Waals surface area (Å²) in [6, 6.07) is 15.5. The average molecular weight is 558 g/mol. The largest absolute Gasteiger partial charge is 0.467 e. The number of aromatic nitrogens is 3. The van der Waals surface area contributed by atoms with Crippen LogP contribution in [-0.4, -0.2) is 31.6 Å². The van der Waals surface area contributed by atoms with Gasteiger partial charge in [0.25, 0.3) is 11.5 Å². The third-order valence-corrected chi connectivity index (χ3v) is 7.53. The maximum absolute atomic E-state index is 13.6. The SMILES string of the molecule is CC[C@@H](Sc1nc2cc(C(=O)NCc3ccco3)ccc2c(=O)n1Cc1ccco1)C(=O)NCc1cccnc1. The van der Waals surface area contributed by atoms with Gasteiger partial charge in [-0.3, -0.25) is 23.9 Å². The second-order valence-electron chi connectivity index (χ2n) is 8.95. The van der Waals surface area contributed by atoms with Crippen LogP contribution in [0.2, 0.25) is 0 Å². The lowest BCUT2D eigenvalue weighted by atomic mass is 10.1. The number of rotatable bonds is 11. The van der Waals surface area contributed by atoms with Crippen LogP contribution in [-0.2, 0) is 24.4 Å². The molecule has 0 fully saturated rings. The van der Waals surface area contributed by atoms with E-state index in [2.05, 4.69) is 15.6 Å². The number of hydrogen-bond acceptors (Lipinski definition) is 8. The zero-order valence-electron chi connectivity index (χ0n) is 21.7. The van der Waals surface area contributed by atoms with Crippen molar-refractivity contribution in [2.75, 3.05) is 0 Å². The zero-order chi connectivity index (χ0) is 27.9. The van der Waals surface area contributed by atoms with E-state index in [0.717, 1.165) is 5.56 Å².